The first-order valence-corrected chi connectivity index (χ1v) is 8.12. The molecule has 0 aliphatic carbocycles. The van der Waals surface area contributed by atoms with Gasteiger partial charge in [-0.05, 0) is 6.07 Å². The molecule has 118 valence electrons. The van der Waals surface area contributed by atoms with Gasteiger partial charge in [-0.25, -0.2) is 4.98 Å². The Bertz CT molecular complexity index is 551. The summed E-state index contributed by atoms with van der Waals surface area (Å²) in [6, 6.07) is 3.99. The molecule has 0 unspecified atom stereocenters. The Hall–Kier alpha value is -1.82. The maximum atomic E-state index is 6.06. The molecule has 0 amide bonds. The fraction of sp³-hybridized carbons (Fsp3) is 0.625. The average Bonchev–Trinajstić information content (AvgIpc) is 3.01. The van der Waals surface area contributed by atoms with Crippen LogP contribution < -0.4 is 15.0 Å². The lowest BCUT2D eigenvalue weighted by Crippen LogP contribution is -2.53. The number of aliphatic imine (C=N–C) groups is 1. The third-order valence-electron chi connectivity index (χ3n) is 4.48. The first-order chi connectivity index (χ1) is 10.9. The number of rotatable bonds is 4. The van der Waals surface area contributed by atoms with Crippen LogP contribution in [-0.2, 0) is 4.74 Å². The topological polar surface area (TPSA) is 59.0 Å². The van der Waals surface area contributed by atoms with Crippen LogP contribution in [0.2, 0.25) is 0 Å². The highest BCUT2D eigenvalue weighted by Gasteiger charge is 2.33. The zero-order valence-corrected chi connectivity index (χ0v) is 12.7. The number of aromatic nitrogens is 1. The molecule has 3 aliphatic rings. The summed E-state index contributed by atoms with van der Waals surface area (Å²) in [5.41, 5.74) is 0. The molecule has 0 saturated carbocycles. The van der Waals surface area contributed by atoms with Crippen LogP contribution in [0.15, 0.2) is 23.3 Å². The van der Waals surface area contributed by atoms with E-state index in [1.54, 1.807) is 0 Å². The Morgan fingerprint density at radius 2 is 2.14 bits per heavy atom. The zero-order chi connectivity index (χ0) is 14.8. The number of nitrogens with zero attached hydrogens (tertiary/aromatic N) is 3. The van der Waals surface area contributed by atoms with Gasteiger partial charge in [0.25, 0.3) is 0 Å². The van der Waals surface area contributed by atoms with Crippen LogP contribution in [0, 0.1) is 5.92 Å². The average molecular weight is 302 g/mol. The molecule has 0 radical (unpaired) electrons. The van der Waals surface area contributed by atoms with Crippen molar-refractivity contribution in [3.63, 3.8) is 0 Å². The molecule has 0 bridgehead atoms. The summed E-state index contributed by atoms with van der Waals surface area (Å²) in [5.74, 6) is 3.62. The molecule has 22 heavy (non-hydrogen) atoms. The van der Waals surface area contributed by atoms with E-state index in [-0.39, 0.29) is 6.10 Å². The second kappa shape index (κ2) is 6.12. The Morgan fingerprint density at radius 1 is 1.27 bits per heavy atom. The van der Waals surface area contributed by atoms with Crippen molar-refractivity contribution in [3.05, 3.63) is 18.3 Å². The second-order valence-electron chi connectivity index (χ2n) is 6.07. The summed E-state index contributed by atoms with van der Waals surface area (Å²) in [4.78, 5) is 11.3. The van der Waals surface area contributed by atoms with Gasteiger partial charge >= 0.3 is 0 Å². The fourth-order valence-electron chi connectivity index (χ4n) is 3.16. The highest BCUT2D eigenvalue weighted by molar-refractivity contribution is 5.88. The molecule has 6 heteroatoms. The predicted octanol–water partition coefficient (Wildman–Crippen LogP) is 1.08. The molecule has 0 spiro atoms. The quantitative estimate of drug-likeness (QED) is 0.902. The molecule has 4 heterocycles. The Labute approximate surface area is 130 Å². The van der Waals surface area contributed by atoms with E-state index >= 15 is 0 Å². The van der Waals surface area contributed by atoms with E-state index in [2.05, 4.69) is 26.3 Å². The number of anilines is 1. The minimum Gasteiger partial charge on any atom is -0.490 e. The number of pyridine rings is 1. The molecule has 1 aromatic heterocycles. The van der Waals surface area contributed by atoms with Crippen molar-refractivity contribution in [2.24, 2.45) is 10.9 Å². The van der Waals surface area contributed by atoms with Gasteiger partial charge in [0, 0.05) is 44.7 Å². The highest BCUT2D eigenvalue weighted by atomic mass is 16.5. The highest BCUT2D eigenvalue weighted by Crippen LogP contribution is 2.27. The van der Waals surface area contributed by atoms with E-state index in [1.165, 1.54) is 5.84 Å². The van der Waals surface area contributed by atoms with E-state index in [0.717, 1.165) is 63.8 Å². The van der Waals surface area contributed by atoms with Gasteiger partial charge in [0.1, 0.15) is 23.5 Å². The van der Waals surface area contributed by atoms with Gasteiger partial charge in [-0.1, -0.05) is 0 Å². The summed E-state index contributed by atoms with van der Waals surface area (Å²) in [6.07, 6.45) is 4.04. The van der Waals surface area contributed by atoms with E-state index < -0.39 is 0 Å². The molecule has 1 aromatic rings. The lowest BCUT2D eigenvalue weighted by Gasteiger charge is -2.40. The van der Waals surface area contributed by atoms with Crippen LogP contribution in [0.1, 0.15) is 12.8 Å². The number of ether oxygens (including phenoxy) is 2. The van der Waals surface area contributed by atoms with Crippen molar-refractivity contribution in [3.8, 4) is 5.75 Å². The largest absolute Gasteiger partial charge is 0.490 e. The minimum absolute atomic E-state index is 0.269. The molecule has 1 N–H and O–H groups in total. The van der Waals surface area contributed by atoms with Gasteiger partial charge in [-0.2, -0.15) is 0 Å². The SMILES string of the molecule is c1cc(OC2CCOCC2)cc(N2CC(C3=NCCN3)C2)n1. The van der Waals surface area contributed by atoms with Crippen molar-refractivity contribution >= 4 is 11.7 Å². The smallest absolute Gasteiger partial charge is 0.132 e. The Morgan fingerprint density at radius 3 is 2.91 bits per heavy atom. The molecule has 2 saturated heterocycles. The van der Waals surface area contributed by atoms with E-state index in [4.69, 9.17) is 9.47 Å². The summed E-state index contributed by atoms with van der Waals surface area (Å²) in [7, 11) is 0. The summed E-state index contributed by atoms with van der Waals surface area (Å²) >= 11 is 0. The molecule has 0 atom stereocenters. The Balaban J connectivity index is 1.36. The minimum atomic E-state index is 0.269. The number of nitrogens with one attached hydrogen (secondary N) is 1. The molecular formula is C16H22N4O2. The number of hydrogen-bond acceptors (Lipinski definition) is 6. The lowest BCUT2D eigenvalue weighted by molar-refractivity contribution is 0.0255. The van der Waals surface area contributed by atoms with Crippen molar-refractivity contribution in [2.45, 2.75) is 18.9 Å². The van der Waals surface area contributed by atoms with Gasteiger partial charge in [-0.15, -0.1) is 0 Å². The van der Waals surface area contributed by atoms with Crippen molar-refractivity contribution < 1.29 is 9.47 Å². The maximum Gasteiger partial charge on any atom is 0.132 e. The molecule has 0 aromatic carbocycles. The third-order valence-corrected chi connectivity index (χ3v) is 4.48. The molecule has 3 aliphatic heterocycles. The monoisotopic (exact) mass is 302 g/mol. The van der Waals surface area contributed by atoms with Crippen LogP contribution in [0.4, 0.5) is 5.82 Å². The van der Waals surface area contributed by atoms with Gasteiger partial charge in [0.15, 0.2) is 0 Å². The van der Waals surface area contributed by atoms with Crippen LogP contribution >= 0.6 is 0 Å². The summed E-state index contributed by atoms with van der Waals surface area (Å²) in [6.45, 7) is 5.47. The summed E-state index contributed by atoms with van der Waals surface area (Å²) < 4.78 is 11.4. The van der Waals surface area contributed by atoms with Crippen LogP contribution in [0.3, 0.4) is 0 Å². The van der Waals surface area contributed by atoms with Gasteiger partial charge in [-0.3, -0.25) is 4.99 Å². The maximum absolute atomic E-state index is 6.06. The normalized spacial score (nSPS) is 22.9. The van der Waals surface area contributed by atoms with E-state index in [1.807, 2.05) is 12.3 Å². The van der Waals surface area contributed by atoms with Crippen molar-refractivity contribution in [2.75, 3.05) is 44.3 Å². The Kier molecular flexibility index (Phi) is 3.84. The van der Waals surface area contributed by atoms with Crippen LogP contribution in [-0.4, -0.2) is 56.3 Å². The predicted molar refractivity (Wildman–Crippen MR) is 84.7 cm³/mol. The first kappa shape index (κ1) is 13.8. The van der Waals surface area contributed by atoms with Crippen LogP contribution in [0.5, 0.6) is 5.75 Å². The van der Waals surface area contributed by atoms with Crippen molar-refractivity contribution in [1.29, 1.82) is 0 Å². The van der Waals surface area contributed by atoms with Crippen LogP contribution in [0.25, 0.3) is 0 Å². The molecule has 6 nitrogen and oxygen atoms in total. The third kappa shape index (κ3) is 2.88. The second-order valence-corrected chi connectivity index (χ2v) is 6.07. The zero-order valence-electron chi connectivity index (χ0n) is 12.7. The number of amidine groups is 1. The summed E-state index contributed by atoms with van der Waals surface area (Å²) in [5, 5.41) is 3.36. The van der Waals surface area contributed by atoms with E-state index in [9.17, 15) is 0 Å². The van der Waals surface area contributed by atoms with Gasteiger partial charge in [0.2, 0.25) is 0 Å². The molecule has 2 fully saturated rings. The standard InChI is InChI=1S/C16H22N4O2/c1-4-17-15(9-14(1)22-13-2-7-21-8-3-13)20-10-12(11-20)16-18-5-6-19-16/h1,4,9,12-13H,2-3,5-8,10-11H2,(H,18,19). The fourth-order valence-corrected chi connectivity index (χ4v) is 3.16. The van der Waals surface area contributed by atoms with Gasteiger partial charge in [0.05, 0.1) is 25.7 Å². The van der Waals surface area contributed by atoms with Crippen molar-refractivity contribution in [1.82, 2.24) is 10.3 Å². The van der Waals surface area contributed by atoms with Gasteiger partial charge < -0.3 is 19.7 Å². The molecule has 4 rings (SSSR count). The number of hydrogen-bond donors (Lipinski definition) is 1. The lowest BCUT2D eigenvalue weighted by atomic mass is 9.99. The molecular weight excluding hydrogens is 280 g/mol. The first-order valence-electron chi connectivity index (χ1n) is 8.12. The van der Waals surface area contributed by atoms with E-state index in [0.29, 0.717) is 5.92 Å².